The third-order valence-corrected chi connectivity index (χ3v) is 4.46. The normalized spacial score (nSPS) is 13.0. The number of carbonyl (C=O) groups excluding carboxylic acids is 2. The minimum Gasteiger partial charge on any atom is -0.348 e. The lowest BCUT2D eigenvalue weighted by Gasteiger charge is -2.18. The number of anilines is 1. The molecule has 0 unspecified atom stereocenters. The monoisotopic (exact) mass is 354 g/mol. The minimum absolute atomic E-state index is 0.158. The van der Waals surface area contributed by atoms with Crippen molar-refractivity contribution in [2.75, 3.05) is 11.4 Å². The fourth-order valence-electron chi connectivity index (χ4n) is 3.20. The van der Waals surface area contributed by atoms with Crippen LogP contribution in [0.3, 0.4) is 0 Å². The first-order valence-corrected chi connectivity index (χ1v) is 8.90. The van der Waals surface area contributed by atoms with E-state index in [1.54, 1.807) is 6.07 Å². The average molecular weight is 354 g/mol. The molecular weight excluding hydrogens is 331 g/mol. The standard InChI is InChI=1S/C21H23FN2O2/c1-14(2)10-20(25)24-9-8-16-11-15(6-7-19(16)24)13-23-21(26)17-4-3-5-18(22)12-17/h3-7,11-12,14H,8-10,13H2,1-2H3,(H,23,26). The smallest absolute Gasteiger partial charge is 0.251 e. The number of carbonyl (C=O) groups is 2. The molecule has 0 atom stereocenters. The van der Waals surface area contributed by atoms with E-state index in [1.807, 2.05) is 36.9 Å². The Bertz CT molecular complexity index is 833. The summed E-state index contributed by atoms with van der Waals surface area (Å²) in [6.45, 7) is 5.15. The summed E-state index contributed by atoms with van der Waals surface area (Å²) < 4.78 is 13.2. The first kappa shape index (κ1) is 18.1. The SMILES string of the molecule is CC(C)CC(=O)N1CCc2cc(CNC(=O)c3cccc(F)c3)ccc21. The molecule has 0 radical (unpaired) electrons. The molecule has 0 spiro atoms. The number of hydrogen-bond acceptors (Lipinski definition) is 2. The molecule has 0 aliphatic carbocycles. The molecule has 0 aromatic heterocycles. The lowest BCUT2D eigenvalue weighted by Crippen LogP contribution is -2.29. The second-order valence-electron chi connectivity index (χ2n) is 7.05. The van der Waals surface area contributed by atoms with E-state index in [-0.39, 0.29) is 11.8 Å². The van der Waals surface area contributed by atoms with Gasteiger partial charge < -0.3 is 10.2 Å². The van der Waals surface area contributed by atoms with E-state index in [2.05, 4.69) is 5.32 Å². The zero-order chi connectivity index (χ0) is 18.7. The van der Waals surface area contributed by atoms with Gasteiger partial charge in [0.15, 0.2) is 0 Å². The average Bonchev–Trinajstić information content (AvgIpc) is 3.02. The third kappa shape index (κ3) is 4.10. The number of rotatable bonds is 5. The number of amides is 2. The topological polar surface area (TPSA) is 49.4 Å². The van der Waals surface area contributed by atoms with Crippen LogP contribution >= 0.6 is 0 Å². The molecule has 4 nitrogen and oxygen atoms in total. The number of halogens is 1. The highest BCUT2D eigenvalue weighted by atomic mass is 19.1. The summed E-state index contributed by atoms with van der Waals surface area (Å²) in [6.07, 6.45) is 1.37. The third-order valence-electron chi connectivity index (χ3n) is 4.46. The summed E-state index contributed by atoms with van der Waals surface area (Å²) in [7, 11) is 0. The van der Waals surface area contributed by atoms with Crippen LogP contribution in [0.4, 0.5) is 10.1 Å². The van der Waals surface area contributed by atoms with Crippen molar-refractivity contribution in [3.05, 3.63) is 65.0 Å². The Balaban J connectivity index is 1.65. The van der Waals surface area contributed by atoms with E-state index in [0.29, 0.717) is 31.0 Å². The summed E-state index contributed by atoms with van der Waals surface area (Å²) in [5.74, 6) is -0.241. The Kier molecular flexibility index (Phi) is 5.35. The van der Waals surface area contributed by atoms with Crippen molar-refractivity contribution in [2.45, 2.75) is 33.2 Å². The van der Waals surface area contributed by atoms with Gasteiger partial charge in [0.05, 0.1) is 0 Å². The highest BCUT2D eigenvalue weighted by Crippen LogP contribution is 2.30. The Morgan fingerprint density at radius 3 is 2.73 bits per heavy atom. The number of benzene rings is 2. The maximum Gasteiger partial charge on any atom is 0.251 e. The predicted molar refractivity (Wildman–Crippen MR) is 99.5 cm³/mol. The van der Waals surface area contributed by atoms with Gasteiger partial charge in [-0.1, -0.05) is 32.0 Å². The van der Waals surface area contributed by atoms with Gasteiger partial charge in [0, 0.05) is 30.8 Å². The number of nitrogens with one attached hydrogen (secondary N) is 1. The first-order chi connectivity index (χ1) is 12.4. The van der Waals surface area contributed by atoms with E-state index < -0.39 is 5.82 Å². The fourth-order valence-corrected chi connectivity index (χ4v) is 3.20. The molecule has 136 valence electrons. The van der Waals surface area contributed by atoms with E-state index in [1.165, 1.54) is 18.2 Å². The van der Waals surface area contributed by atoms with Crippen molar-refractivity contribution >= 4 is 17.5 Å². The second kappa shape index (κ2) is 7.68. The molecule has 0 bridgehead atoms. The summed E-state index contributed by atoms with van der Waals surface area (Å²) in [6, 6.07) is 11.5. The van der Waals surface area contributed by atoms with Crippen LogP contribution in [-0.4, -0.2) is 18.4 Å². The Hall–Kier alpha value is -2.69. The highest BCUT2D eigenvalue weighted by Gasteiger charge is 2.25. The van der Waals surface area contributed by atoms with Crippen LogP contribution in [0.5, 0.6) is 0 Å². The van der Waals surface area contributed by atoms with Gasteiger partial charge in [-0.05, 0) is 47.7 Å². The quantitative estimate of drug-likeness (QED) is 0.890. The molecule has 1 aliphatic rings. The lowest BCUT2D eigenvalue weighted by molar-refractivity contribution is -0.119. The van der Waals surface area contributed by atoms with Gasteiger partial charge in [-0.2, -0.15) is 0 Å². The number of fused-ring (bicyclic) bond motifs is 1. The molecule has 5 heteroatoms. The molecule has 0 saturated heterocycles. The van der Waals surface area contributed by atoms with Gasteiger partial charge in [0.2, 0.25) is 5.91 Å². The number of hydrogen-bond donors (Lipinski definition) is 1. The lowest BCUT2D eigenvalue weighted by atomic mass is 10.1. The Morgan fingerprint density at radius 1 is 1.19 bits per heavy atom. The zero-order valence-electron chi connectivity index (χ0n) is 15.1. The summed E-state index contributed by atoms with van der Waals surface area (Å²) in [4.78, 5) is 26.3. The van der Waals surface area contributed by atoms with Crippen LogP contribution in [0.1, 0.15) is 41.8 Å². The van der Waals surface area contributed by atoms with Gasteiger partial charge in [0.1, 0.15) is 5.82 Å². The van der Waals surface area contributed by atoms with Crippen molar-refractivity contribution in [3.8, 4) is 0 Å². The fraction of sp³-hybridized carbons (Fsp3) is 0.333. The van der Waals surface area contributed by atoms with Crippen LogP contribution < -0.4 is 10.2 Å². The van der Waals surface area contributed by atoms with Crippen LogP contribution in [0.2, 0.25) is 0 Å². The summed E-state index contributed by atoms with van der Waals surface area (Å²) in [5.41, 5.74) is 3.36. The van der Waals surface area contributed by atoms with E-state index in [9.17, 15) is 14.0 Å². The molecule has 2 aromatic rings. The Morgan fingerprint density at radius 2 is 2.00 bits per heavy atom. The summed E-state index contributed by atoms with van der Waals surface area (Å²) >= 11 is 0. The van der Waals surface area contributed by atoms with E-state index >= 15 is 0 Å². The van der Waals surface area contributed by atoms with Crippen molar-refractivity contribution in [1.29, 1.82) is 0 Å². The summed E-state index contributed by atoms with van der Waals surface area (Å²) in [5, 5.41) is 2.81. The molecule has 0 saturated carbocycles. The van der Waals surface area contributed by atoms with Crippen LogP contribution in [-0.2, 0) is 17.8 Å². The van der Waals surface area contributed by atoms with Crippen molar-refractivity contribution in [1.82, 2.24) is 5.32 Å². The van der Waals surface area contributed by atoms with Crippen molar-refractivity contribution in [3.63, 3.8) is 0 Å². The van der Waals surface area contributed by atoms with Gasteiger partial charge in [-0.15, -0.1) is 0 Å². The number of nitrogens with zero attached hydrogens (tertiary/aromatic N) is 1. The highest BCUT2D eigenvalue weighted by molar-refractivity contribution is 5.96. The maximum atomic E-state index is 13.2. The van der Waals surface area contributed by atoms with Crippen molar-refractivity contribution < 1.29 is 14.0 Å². The van der Waals surface area contributed by atoms with Gasteiger partial charge in [-0.25, -0.2) is 4.39 Å². The van der Waals surface area contributed by atoms with Gasteiger partial charge in [-0.3, -0.25) is 9.59 Å². The Labute approximate surface area is 153 Å². The van der Waals surface area contributed by atoms with Crippen LogP contribution in [0.15, 0.2) is 42.5 Å². The largest absolute Gasteiger partial charge is 0.348 e. The van der Waals surface area contributed by atoms with Gasteiger partial charge in [0.25, 0.3) is 5.91 Å². The van der Waals surface area contributed by atoms with Crippen molar-refractivity contribution in [2.24, 2.45) is 5.92 Å². The van der Waals surface area contributed by atoms with E-state index in [0.717, 1.165) is 23.2 Å². The predicted octanol–water partition coefficient (Wildman–Crippen LogP) is 3.69. The molecular formula is C21H23FN2O2. The molecule has 1 aliphatic heterocycles. The first-order valence-electron chi connectivity index (χ1n) is 8.90. The molecule has 2 amide bonds. The van der Waals surface area contributed by atoms with Crippen LogP contribution in [0.25, 0.3) is 0 Å². The molecule has 1 heterocycles. The molecule has 26 heavy (non-hydrogen) atoms. The molecule has 3 rings (SSSR count). The maximum absolute atomic E-state index is 13.2. The van der Waals surface area contributed by atoms with Gasteiger partial charge >= 0.3 is 0 Å². The molecule has 2 aromatic carbocycles. The molecule has 1 N–H and O–H groups in total. The molecule has 0 fully saturated rings. The van der Waals surface area contributed by atoms with E-state index in [4.69, 9.17) is 0 Å². The minimum atomic E-state index is -0.429. The van der Waals surface area contributed by atoms with Crippen LogP contribution in [0, 0.1) is 11.7 Å². The second-order valence-corrected chi connectivity index (χ2v) is 7.05. The zero-order valence-corrected chi connectivity index (χ0v) is 15.1.